The van der Waals surface area contributed by atoms with Crippen LogP contribution >= 0.6 is 11.3 Å². The van der Waals surface area contributed by atoms with Crippen LogP contribution in [0.25, 0.3) is 0 Å². The monoisotopic (exact) mass is 297 g/mol. The van der Waals surface area contributed by atoms with Gasteiger partial charge in [0.05, 0.1) is 0 Å². The summed E-state index contributed by atoms with van der Waals surface area (Å²) >= 11 is 1.26. The molecule has 2 unspecified atom stereocenters. The number of rotatable bonds is 5. The number of H-pyrrole nitrogens is 1. The van der Waals surface area contributed by atoms with Crippen molar-refractivity contribution in [2.24, 2.45) is 11.8 Å². The van der Waals surface area contributed by atoms with Gasteiger partial charge in [-0.25, -0.2) is 0 Å². The van der Waals surface area contributed by atoms with Crippen molar-refractivity contribution in [1.29, 1.82) is 0 Å². The molecule has 1 aliphatic rings. The fourth-order valence-electron chi connectivity index (χ4n) is 3.08. The van der Waals surface area contributed by atoms with Crippen molar-refractivity contribution in [2.75, 3.05) is 13.1 Å². The van der Waals surface area contributed by atoms with E-state index in [1.165, 1.54) is 17.8 Å². The number of nitrogens with one attached hydrogen (secondary N) is 2. The molecule has 2 atom stereocenters. The maximum atomic E-state index is 11.3. The summed E-state index contributed by atoms with van der Waals surface area (Å²) in [6, 6.07) is 1.11. The van der Waals surface area contributed by atoms with Gasteiger partial charge >= 0.3 is 4.87 Å². The van der Waals surface area contributed by atoms with Crippen molar-refractivity contribution in [3.63, 3.8) is 0 Å². The Morgan fingerprint density at radius 1 is 1.40 bits per heavy atom. The zero-order chi connectivity index (χ0) is 14.7. The molecule has 4 nitrogen and oxygen atoms in total. The lowest BCUT2D eigenvalue weighted by atomic mass is 9.95. The maximum absolute atomic E-state index is 11.3. The van der Waals surface area contributed by atoms with Crippen LogP contribution in [0.3, 0.4) is 0 Å². The topological polar surface area (TPSA) is 48.1 Å². The van der Waals surface area contributed by atoms with Crippen LogP contribution in [0.1, 0.15) is 39.8 Å². The van der Waals surface area contributed by atoms with Crippen LogP contribution in [0.15, 0.2) is 10.2 Å². The normalized spacial score (nSPS) is 24.7. The van der Waals surface area contributed by atoms with Crippen molar-refractivity contribution in [2.45, 2.75) is 52.7 Å². The van der Waals surface area contributed by atoms with E-state index in [9.17, 15) is 4.79 Å². The highest BCUT2D eigenvalue weighted by Gasteiger charge is 2.30. The van der Waals surface area contributed by atoms with Gasteiger partial charge in [-0.1, -0.05) is 39.0 Å². The van der Waals surface area contributed by atoms with Gasteiger partial charge in [-0.15, -0.1) is 0 Å². The first-order valence-corrected chi connectivity index (χ1v) is 8.47. The Balaban J connectivity index is 2.04. The van der Waals surface area contributed by atoms with Gasteiger partial charge in [-0.05, 0) is 18.3 Å². The minimum atomic E-state index is 0.0509. The van der Waals surface area contributed by atoms with E-state index >= 15 is 0 Å². The van der Waals surface area contributed by atoms with E-state index in [1.807, 2.05) is 5.38 Å². The van der Waals surface area contributed by atoms with Crippen LogP contribution in [0.2, 0.25) is 0 Å². The second kappa shape index (κ2) is 6.87. The molecule has 0 aromatic carbocycles. The molecule has 1 saturated heterocycles. The van der Waals surface area contributed by atoms with Crippen molar-refractivity contribution in [1.82, 2.24) is 15.2 Å². The number of nitrogens with zero attached hydrogens (tertiary/aromatic N) is 1. The quantitative estimate of drug-likeness (QED) is 0.876. The highest BCUT2D eigenvalue weighted by Crippen LogP contribution is 2.20. The summed E-state index contributed by atoms with van der Waals surface area (Å²) in [7, 11) is 0. The predicted octanol–water partition coefficient (Wildman–Crippen LogP) is 2.28. The Bertz CT molecular complexity index is 466. The van der Waals surface area contributed by atoms with Gasteiger partial charge in [0.15, 0.2) is 0 Å². The standard InChI is InChI=1S/C15H27N3OS/c1-10(2)5-12-7-18(14(6-16-12)11(3)4)8-13-9-20-15(19)17-13/h9-12,14,16H,5-8H2,1-4H3,(H,17,19). The van der Waals surface area contributed by atoms with Crippen molar-refractivity contribution in [3.8, 4) is 0 Å². The summed E-state index contributed by atoms with van der Waals surface area (Å²) in [5.41, 5.74) is 1.05. The lowest BCUT2D eigenvalue weighted by molar-refractivity contribution is 0.0841. The van der Waals surface area contributed by atoms with Crippen molar-refractivity contribution in [3.05, 3.63) is 20.7 Å². The average Bonchev–Trinajstić information content (AvgIpc) is 2.73. The minimum absolute atomic E-state index is 0.0509. The summed E-state index contributed by atoms with van der Waals surface area (Å²) in [5.74, 6) is 1.33. The molecule has 5 heteroatoms. The van der Waals surface area contributed by atoms with Gasteiger partial charge in [0.25, 0.3) is 0 Å². The molecule has 1 fully saturated rings. The number of thiazole rings is 1. The first kappa shape index (κ1) is 15.7. The van der Waals surface area contributed by atoms with Crippen LogP contribution in [-0.2, 0) is 6.54 Å². The molecule has 1 aromatic rings. The third kappa shape index (κ3) is 4.17. The van der Waals surface area contributed by atoms with Crippen LogP contribution in [0, 0.1) is 11.8 Å². The fraction of sp³-hybridized carbons (Fsp3) is 0.800. The van der Waals surface area contributed by atoms with E-state index < -0.39 is 0 Å². The lowest BCUT2D eigenvalue weighted by Crippen LogP contribution is -2.58. The maximum Gasteiger partial charge on any atom is 0.304 e. The summed E-state index contributed by atoms with van der Waals surface area (Å²) in [6.45, 7) is 12.1. The van der Waals surface area contributed by atoms with Crippen LogP contribution < -0.4 is 10.2 Å². The molecule has 1 aromatic heterocycles. The third-order valence-corrected chi connectivity index (χ3v) is 4.73. The molecule has 0 bridgehead atoms. The zero-order valence-electron chi connectivity index (χ0n) is 13.0. The minimum Gasteiger partial charge on any atom is -0.315 e. The Hall–Kier alpha value is -0.650. The predicted molar refractivity (Wildman–Crippen MR) is 85.2 cm³/mol. The average molecular weight is 297 g/mol. The molecule has 2 heterocycles. The molecule has 20 heavy (non-hydrogen) atoms. The molecule has 0 amide bonds. The first-order chi connectivity index (χ1) is 9.45. The molecule has 114 valence electrons. The van der Waals surface area contributed by atoms with E-state index in [0.29, 0.717) is 23.9 Å². The molecular formula is C15H27N3OS. The highest BCUT2D eigenvalue weighted by atomic mass is 32.1. The van der Waals surface area contributed by atoms with Crippen LogP contribution in [0.5, 0.6) is 0 Å². The number of aromatic nitrogens is 1. The van der Waals surface area contributed by atoms with Gasteiger partial charge in [-0.3, -0.25) is 9.69 Å². The SMILES string of the molecule is CC(C)CC1CN(Cc2csc(=O)[nH]2)C(C(C)C)CN1. The van der Waals surface area contributed by atoms with Gasteiger partial charge in [0.2, 0.25) is 0 Å². The summed E-state index contributed by atoms with van der Waals surface area (Å²) in [4.78, 5) is 16.8. The first-order valence-electron chi connectivity index (χ1n) is 7.59. The summed E-state index contributed by atoms with van der Waals surface area (Å²) in [6.07, 6.45) is 1.21. The number of piperazine rings is 1. The van der Waals surface area contributed by atoms with E-state index in [2.05, 4.69) is 42.9 Å². The lowest BCUT2D eigenvalue weighted by Gasteiger charge is -2.42. The molecule has 2 N–H and O–H groups in total. The number of hydrogen-bond donors (Lipinski definition) is 2. The van der Waals surface area contributed by atoms with Crippen LogP contribution in [0.4, 0.5) is 0 Å². The number of aromatic amines is 1. The van der Waals surface area contributed by atoms with E-state index in [-0.39, 0.29) is 4.87 Å². The molecule has 0 saturated carbocycles. The van der Waals surface area contributed by atoms with E-state index in [0.717, 1.165) is 25.3 Å². The summed E-state index contributed by atoms with van der Waals surface area (Å²) in [5, 5.41) is 5.65. The van der Waals surface area contributed by atoms with E-state index in [1.54, 1.807) is 0 Å². The zero-order valence-corrected chi connectivity index (χ0v) is 13.8. The third-order valence-electron chi connectivity index (χ3n) is 4.01. The Kier molecular flexibility index (Phi) is 5.41. The molecule has 2 rings (SSSR count). The second-order valence-electron chi connectivity index (χ2n) is 6.65. The van der Waals surface area contributed by atoms with Gasteiger partial charge < -0.3 is 10.3 Å². The van der Waals surface area contributed by atoms with Crippen molar-refractivity contribution >= 4 is 11.3 Å². The molecule has 1 aliphatic heterocycles. The molecule has 0 aliphatic carbocycles. The van der Waals surface area contributed by atoms with Crippen molar-refractivity contribution < 1.29 is 0 Å². The fourth-order valence-corrected chi connectivity index (χ4v) is 3.65. The Morgan fingerprint density at radius 3 is 2.70 bits per heavy atom. The smallest absolute Gasteiger partial charge is 0.304 e. The largest absolute Gasteiger partial charge is 0.315 e. The van der Waals surface area contributed by atoms with E-state index in [4.69, 9.17) is 0 Å². The molecule has 0 radical (unpaired) electrons. The summed E-state index contributed by atoms with van der Waals surface area (Å²) < 4.78 is 0. The number of hydrogen-bond acceptors (Lipinski definition) is 4. The second-order valence-corrected chi connectivity index (χ2v) is 7.49. The Labute approximate surface area is 125 Å². The van der Waals surface area contributed by atoms with Crippen LogP contribution in [-0.4, -0.2) is 35.1 Å². The molecule has 0 spiro atoms. The van der Waals surface area contributed by atoms with Gasteiger partial charge in [0.1, 0.15) is 0 Å². The highest BCUT2D eigenvalue weighted by molar-refractivity contribution is 7.07. The van der Waals surface area contributed by atoms with Gasteiger partial charge in [-0.2, -0.15) is 0 Å². The Morgan fingerprint density at radius 2 is 2.15 bits per heavy atom. The van der Waals surface area contributed by atoms with Gasteiger partial charge in [0, 0.05) is 42.8 Å². The molecular weight excluding hydrogens is 270 g/mol.